The van der Waals surface area contributed by atoms with Crippen molar-refractivity contribution in [3.63, 3.8) is 0 Å². The number of anilines is 2. The summed E-state index contributed by atoms with van der Waals surface area (Å²) in [6.45, 7) is 4.83. The number of β-amino-alcohol motifs (C(OH)–C–C–N with tert-alkyl or cyclic N) is 1. The standard InChI is InChI=1S/C36H40N8O2/c1-4-27-18-39-32(42-34(27)43-23-36(3,46)24-43)17-26-11-14-30(15-12-26)44(33(45)16-13-25-9-7-6-8-10-25)35-40-21-29(22-41-35)28-19-37-31(5-2)38-20-28/h1,6-10,18-22,26,30,46H,5,11-17,23-24H2,2-3H3. The minimum Gasteiger partial charge on any atom is -0.386 e. The Labute approximate surface area is 270 Å². The van der Waals surface area contributed by atoms with E-state index in [1.165, 1.54) is 0 Å². The Bertz CT molecular complexity index is 1670. The average Bonchev–Trinajstić information content (AvgIpc) is 3.08. The Morgan fingerprint density at radius 2 is 1.59 bits per heavy atom. The lowest BCUT2D eigenvalue weighted by Gasteiger charge is -2.45. The number of benzene rings is 1. The van der Waals surface area contributed by atoms with E-state index in [0.29, 0.717) is 43.4 Å². The van der Waals surface area contributed by atoms with E-state index in [0.717, 1.165) is 72.7 Å². The first-order valence-corrected chi connectivity index (χ1v) is 16.1. The maximum Gasteiger partial charge on any atom is 0.232 e. The summed E-state index contributed by atoms with van der Waals surface area (Å²) in [4.78, 5) is 45.2. The van der Waals surface area contributed by atoms with Gasteiger partial charge in [0.05, 0.1) is 11.2 Å². The molecular weight excluding hydrogens is 576 g/mol. The predicted octanol–water partition coefficient (Wildman–Crippen LogP) is 4.61. The molecule has 0 unspecified atom stereocenters. The molecule has 1 saturated carbocycles. The van der Waals surface area contributed by atoms with Crippen LogP contribution in [0.15, 0.2) is 61.3 Å². The third kappa shape index (κ3) is 7.21. The predicted molar refractivity (Wildman–Crippen MR) is 177 cm³/mol. The van der Waals surface area contributed by atoms with Crippen LogP contribution in [0, 0.1) is 18.3 Å². The van der Waals surface area contributed by atoms with Crippen LogP contribution < -0.4 is 9.80 Å². The molecule has 4 aromatic rings. The fraction of sp³-hybridized carbons (Fsp3) is 0.417. The van der Waals surface area contributed by atoms with Gasteiger partial charge in [0.2, 0.25) is 11.9 Å². The maximum absolute atomic E-state index is 13.8. The summed E-state index contributed by atoms with van der Waals surface area (Å²) in [7, 11) is 0. The number of nitrogens with zero attached hydrogens (tertiary/aromatic N) is 8. The second-order valence-corrected chi connectivity index (χ2v) is 12.7. The van der Waals surface area contributed by atoms with Crippen molar-refractivity contribution < 1.29 is 9.90 Å². The fourth-order valence-corrected chi connectivity index (χ4v) is 6.42. The molecule has 2 fully saturated rings. The number of carbonyl (C=O) groups is 1. The van der Waals surface area contributed by atoms with Crippen molar-refractivity contribution in [2.45, 2.75) is 76.9 Å². The van der Waals surface area contributed by atoms with E-state index in [1.54, 1.807) is 31.0 Å². The summed E-state index contributed by atoms with van der Waals surface area (Å²) < 4.78 is 0. The lowest BCUT2D eigenvalue weighted by molar-refractivity contribution is -0.119. The molecule has 0 spiro atoms. The molecule has 3 aromatic heterocycles. The smallest absolute Gasteiger partial charge is 0.232 e. The minimum atomic E-state index is -0.724. The molecule has 0 radical (unpaired) electrons. The van der Waals surface area contributed by atoms with Crippen LogP contribution in [0.2, 0.25) is 0 Å². The van der Waals surface area contributed by atoms with E-state index in [-0.39, 0.29) is 11.9 Å². The fourth-order valence-electron chi connectivity index (χ4n) is 6.42. The molecule has 1 N–H and O–H groups in total. The normalized spacial score (nSPS) is 18.8. The number of terminal acetylenes is 1. The van der Waals surface area contributed by atoms with Gasteiger partial charge in [-0.3, -0.25) is 9.69 Å². The highest BCUT2D eigenvalue weighted by Crippen LogP contribution is 2.33. The zero-order chi connectivity index (χ0) is 32.1. The van der Waals surface area contributed by atoms with Gasteiger partial charge in [0, 0.05) is 80.5 Å². The van der Waals surface area contributed by atoms with Gasteiger partial charge in [0.15, 0.2) is 0 Å². The average molecular weight is 617 g/mol. The summed E-state index contributed by atoms with van der Waals surface area (Å²) in [5.41, 5.74) is 2.70. The summed E-state index contributed by atoms with van der Waals surface area (Å²) in [6.07, 6.45) is 20.6. The number of aromatic nitrogens is 6. The van der Waals surface area contributed by atoms with E-state index < -0.39 is 5.60 Å². The van der Waals surface area contributed by atoms with Crippen LogP contribution in [0.4, 0.5) is 11.8 Å². The van der Waals surface area contributed by atoms with Gasteiger partial charge in [-0.25, -0.2) is 29.9 Å². The number of aryl methyl sites for hydroxylation is 2. The van der Waals surface area contributed by atoms with Crippen molar-refractivity contribution in [3.05, 3.63) is 84.1 Å². The van der Waals surface area contributed by atoms with Crippen molar-refractivity contribution in [3.8, 4) is 23.5 Å². The molecule has 1 saturated heterocycles. The van der Waals surface area contributed by atoms with Crippen molar-refractivity contribution in [1.82, 2.24) is 29.9 Å². The number of rotatable bonds is 10. The van der Waals surface area contributed by atoms with Crippen LogP contribution >= 0.6 is 0 Å². The van der Waals surface area contributed by atoms with E-state index >= 15 is 0 Å². The van der Waals surface area contributed by atoms with Gasteiger partial charge in [0.25, 0.3) is 0 Å². The summed E-state index contributed by atoms with van der Waals surface area (Å²) in [6, 6.07) is 10.1. The van der Waals surface area contributed by atoms with Crippen molar-refractivity contribution in [2.24, 2.45) is 5.92 Å². The lowest BCUT2D eigenvalue weighted by Crippen LogP contribution is -2.60. The highest BCUT2D eigenvalue weighted by atomic mass is 16.3. The highest BCUT2D eigenvalue weighted by Gasteiger charge is 2.38. The van der Waals surface area contributed by atoms with Crippen molar-refractivity contribution >= 4 is 17.7 Å². The Morgan fingerprint density at radius 1 is 0.957 bits per heavy atom. The second kappa shape index (κ2) is 13.7. The van der Waals surface area contributed by atoms with Gasteiger partial charge < -0.3 is 10.0 Å². The molecule has 1 aliphatic carbocycles. The number of carbonyl (C=O) groups excluding carboxylic acids is 1. The van der Waals surface area contributed by atoms with Crippen molar-refractivity contribution in [1.29, 1.82) is 0 Å². The molecule has 2 aliphatic rings. The minimum absolute atomic E-state index is 0.00107. The molecule has 236 valence electrons. The molecule has 1 aromatic carbocycles. The maximum atomic E-state index is 13.8. The van der Waals surface area contributed by atoms with Gasteiger partial charge in [0.1, 0.15) is 17.5 Å². The SMILES string of the molecule is C#Cc1cnc(CC2CCC(N(C(=O)CCc3ccccc3)c3ncc(-c4cnc(CC)nc4)cn3)CC2)nc1N1CC(C)(O)C1. The molecule has 6 rings (SSSR count). The van der Waals surface area contributed by atoms with Crippen LogP contribution in [0.1, 0.15) is 68.7 Å². The van der Waals surface area contributed by atoms with Gasteiger partial charge in [-0.1, -0.05) is 43.2 Å². The van der Waals surface area contributed by atoms with Crippen LogP contribution in [0.25, 0.3) is 11.1 Å². The van der Waals surface area contributed by atoms with Crippen LogP contribution in [-0.2, 0) is 24.1 Å². The lowest BCUT2D eigenvalue weighted by atomic mass is 9.83. The number of hydrogen-bond acceptors (Lipinski definition) is 9. The zero-order valence-corrected chi connectivity index (χ0v) is 26.5. The van der Waals surface area contributed by atoms with Crippen LogP contribution in [0.5, 0.6) is 0 Å². The highest BCUT2D eigenvalue weighted by molar-refractivity contribution is 5.92. The summed E-state index contributed by atoms with van der Waals surface area (Å²) in [5, 5.41) is 10.2. The molecule has 1 aliphatic heterocycles. The van der Waals surface area contributed by atoms with Crippen molar-refractivity contribution in [2.75, 3.05) is 22.9 Å². The van der Waals surface area contributed by atoms with Gasteiger partial charge >= 0.3 is 0 Å². The quantitative estimate of drug-likeness (QED) is 0.255. The van der Waals surface area contributed by atoms with Gasteiger partial charge in [-0.2, -0.15) is 0 Å². The van der Waals surface area contributed by atoms with E-state index in [9.17, 15) is 9.90 Å². The molecule has 0 bridgehead atoms. The first-order chi connectivity index (χ1) is 22.3. The molecule has 1 amide bonds. The van der Waals surface area contributed by atoms with E-state index in [4.69, 9.17) is 11.4 Å². The summed E-state index contributed by atoms with van der Waals surface area (Å²) >= 11 is 0. The molecule has 10 heteroatoms. The second-order valence-electron chi connectivity index (χ2n) is 12.7. The third-order valence-electron chi connectivity index (χ3n) is 8.94. The number of amides is 1. The Balaban J connectivity index is 1.15. The number of aliphatic hydroxyl groups is 1. The first-order valence-electron chi connectivity index (χ1n) is 16.1. The summed E-state index contributed by atoms with van der Waals surface area (Å²) in [5.74, 6) is 5.79. The number of hydrogen-bond donors (Lipinski definition) is 1. The van der Waals surface area contributed by atoms with Crippen LogP contribution in [-0.4, -0.2) is 65.6 Å². The molecule has 0 atom stereocenters. The van der Waals surface area contributed by atoms with E-state index in [2.05, 4.69) is 30.8 Å². The third-order valence-corrected chi connectivity index (χ3v) is 8.94. The Hall–Kier alpha value is -4.75. The first kappa shape index (κ1) is 31.2. The largest absolute Gasteiger partial charge is 0.386 e. The van der Waals surface area contributed by atoms with Gasteiger partial charge in [-0.15, -0.1) is 6.42 Å². The molecule has 4 heterocycles. The van der Waals surface area contributed by atoms with Crippen LogP contribution in [0.3, 0.4) is 0 Å². The monoisotopic (exact) mass is 616 g/mol. The Morgan fingerprint density at radius 3 is 2.20 bits per heavy atom. The van der Waals surface area contributed by atoms with Gasteiger partial charge in [-0.05, 0) is 50.5 Å². The molecule has 46 heavy (non-hydrogen) atoms. The molecular formula is C36H40N8O2. The molecule has 10 nitrogen and oxygen atoms in total. The van der Waals surface area contributed by atoms with E-state index in [1.807, 2.05) is 54.0 Å². The topological polar surface area (TPSA) is 121 Å². The Kier molecular flexibility index (Phi) is 9.31. The zero-order valence-electron chi connectivity index (χ0n) is 26.5.